The summed E-state index contributed by atoms with van der Waals surface area (Å²) in [5, 5.41) is 1.01. The van der Waals surface area contributed by atoms with Crippen molar-refractivity contribution in [1.82, 2.24) is 9.88 Å². The molecule has 1 aromatic heterocycles. The van der Waals surface area contributed by atoms with E-state index in [2.05, 4.69) is 9.88 Å². The number of carbonyl (C=O) groups is 1. The first-order valence-corrected chi connectivity index (χ1v) is 10.1. The first kappa shape index (κ1) is 20.5. The molecule has 0 saturated carbocycles. The number of aromatic nitrogens is 1. The van der Waals surface area contributed by atoms with E-state index >= 15 is 0 Å². The average Bonchev–Trinajstić information content (AvgIpc) is 3.12. The van der Waals surface area contributed by atoms with Crippen LogP contribution in [-0.4, -0.2) is 41.1 Å². The molecule has 3 fully saturated rings. The van der Waals surface area contributed by atoms with Gasteiger partial charge in [0.2, 0.25) is 5.89 Å². The Morgan fingerprint density at radius 2 is 1.69 bits per heavy atom. The van der Waals surface area contributed by atoms with Gasteiger partial charge in [-0.25, -0.2) is 9.78 Å². The van der Waals surface area contributed by atoms with Gasteiger partial charge < -0.3 is 14.1 Å². The van der Waals surface area contributed by atoms with E-state index in [1.54, 1.807) is 36.4 Å². The predicted molar refractivity (Wildman–Crippen MR) is 115 cm³/mol. The third-order valence-electron chi connectivity index (χ3n) is 5.69. The average molecular weight is 454 g/mol. The number of oxazole rings is 1. The molecule has 29 heavy (non-hydrogen) atoms. The molecule has 0 N–H and O–H groups in total. The molecule has 2 aromatic carbocycles. The van der Waals surface area contributed by atoms with Crippen LogP contribution in [0.1, 0.15) is 29.6 Å². The van der Waals surface area contributed by atoms with Crippen LogP contribution in [0, 0.1) is 0 Å². The Bertz CT molecular complexity index is 1040. The molecule has 0 radical (unpaired) electrons. The van der Waals surface area contributed by atoms with Crippen LogP contribution in [0.3, 0.4) is 0 Å². The second kappa shape index (κ2) is 7.80. The van der Waals surface area contributed by atoms with Crippen LogP contribution >= 0.6 is 35.6 Å². The fourth-order valence-corrected chi connectivity index (χ4v) is 4.58. The monoisotopic (exact) mass is 452 g/mol. The van der Waals surface area contributed by atoms with Gasteiger partial charge in [0.15, 0.2) is 5.58 Å². The van der Waals surface area contributed by atoms with Crippen LogP contribution in [0.25, 0.3) is 22.6 Å². The lowest BCUT2D eigenvalue weighted by Crippen LogP contribution is -2.54. The summed E-state index contributed by atoms with van der Waals surface area (Å²) in [6.07, 6.45) is 2.72. The lowest BCUT2D eigenvalue weighted by molar-refractivity contribution is -0.0870. The Kier molecular flexibility index (Phi) is 5.51. The summed E-state index contributed by atoms with van der Waals surface area (Å²) < 4.78 is 11.8. The maximum absolute atomic E-state index is 12.8. The van der Waals surface area contributed by atoms with Crippen molar-refractivity contribution in [3.63, 3.8) is 0 Å². The number of carbonyl (C=O) groups excluding carboxylic acids is 1. The lowest BCUT2D eigenvalue weighted by atomic mass is 9.83. The molecule has 0 unspecified atom stereocenters. The van der Waals surface area contributed by atoms with Crippen molar-refractivity contribution in [3.05, 3.63) is 52.0 Å². The van der Waals surface area contributed by atoms with Crippen LogP contribution in [-0.2, 0) is 4.74 Å². The molecular weight excluding hydrogens is 435 g/mol. The highest BCUT2D eigenvalue weighted by Gasteiger charge is 2.42. The number of nitrogens with zero attached hydrogens (tertiary/aromatic N) is 2. The third-order valence-corrected chi connectivity index (χ3v) is 6.13. The van der Waals surface area contributed by atoms with Gasteiger partial charge in [-0.15, -0.1) is 12.4 Å². The van der Waals surface area contributed by atoms with Crippen molar-refractivity contribution in [2.75, 3.05) is 19.6 Å². The van der Waals surface area contributed by atoms with Crippen molar-refractivity contribution in [1.29, 1.82) is 0 Å². The number of esters is 1. The standard InChI is InChI=1S/C21H18Cl2N2O3.ClH/c22-15-9-14(10-16(23)12-15)19-24-17-2-1-13(11-18(17)27-19)20(26)28-21-3-6-25(7-4-21)8-5-21;/h1-2,9-12H,3-8H2;1H. The van der Waals surface area contributed by atoms with Gasteiger partial charge in [0.1, 0.15) is 11.1 Å². The molecule has 0 amide bonds. The first-order valence-electron chi connectivity index (χ1n) is 9.33. The van der Waals surface area contributed by atoms with Crippen LogP contribution < -0.4 is 0 Å². The number of halogens is 3. The molecule has 3 aliphatic rings. The molecule has 5 nitrogen and oxygen atoms in total. The number of hydrogen-bond acceptors (Lipinski definition) is 5. The largest absolute Gasteiger partial charge is 0.455 e. The number of fused-ring (bicyclic) bond motifs is 4. The Balaban J connectivity index is 0.00000205. The second-order valence-corrected chi connectivity index (χ2v) is 8.40. The minimum absolute atomic E-state index is 0. The Labute approximate surface area is 184 Å². The summed E-state index contributed by atoms with van der Waals surface area (Å²) in [5.41, 5.74) is 2.03. The van der Waals surface area contributed by atoms with Gasteiger partial charge >= 0.3 is 5.97 Å². The molecule has 4 heterocycles. The Morgan fingerprint density at radius 1 is 1.03 bits per heavy atom. The quantitative estimate of drug-likeness (QED) is 0.482. The molecule has 3 aliphatic heterocycles. The van der Waals surface area contributed by atoms with Gasteiger partial charge in [-0.05, 0) is 36.4 Å². The summed E-state index contributed by atoms with van der Waals surface area (Å²) >= 11 is 12.1. The van der Waals surface area contributed by atoms with E-state index in [0.29, 0.717) is 38.2 Å². The van der Waals surface area contributed by atoms with Crippen molar-refractivity contribution < 1.29 is 13.9 Å². The van der Waals surface area contributed by atoms with Gasteiger partial charge in [0.05, 0.1) is 5.56 Å². The van der Waals surface area contributed by atoms with Crippen LogP contribution in [0.5, 0.6) is 0 Å². The van der Waals surface area contributed by atoms with E-state index in [1.807, 2.05) is 0 Å². The molecule has 3 aromatic rings. The summed E-state index contributed by atoms with van der Waals surface area (Å²) in [5.74, 6) is 0.101. The van der Waals surface area contributed by atoms with E-state index in [1.165, 1.54) is 0 Å². The van der Waals surface area contributed by atoms with Crippen molar-refractivity contribution in [2.24, 2.45) is 0 Å². The number of piperidine rings is 3. The smallest absolute Gasteiger partial charge is 0.338 e. The van der Waals surface area contributed by atoms with Gasteiger partial charge in [0.25, 0.3) is 0 Å². The normalized spacial score (nSPS) is 23.0. The molecule has 152 valence electrons. The van der Waals surface area contributed by atoms with E-state index in [9.17, 15) is 4.79 Å². The molecular formula is C21H19Cl3N2O3. The molecule has 0 atom stereocenters. The fourth-order valence-electron chi connectivity index (χ4n) is 4.06. The van der Waals surface area contributed by atoms with Crippen LogP contribution in [0.4, 0.5) is 0 Å². The Morgan fingerprint density at radius 3 is 2.34 bits per heavy atom. The zero-order chi connectivity index (χ0) is 19.3. The molecule has 6 rings (SSSR count). The van der Waals surface area contributed by atoms with Gasteiger partial charge in [-0.3, -0.25) is 0 Å². The summed E-state index contributed by atoms with van der Waals surface area (Å²) in [4.78, 5) is 19.7. The number of benzene rings is 2. The molecule has 0 spiro atoms. The number of ether oxygens (including phenoxy) is 1. The first-order chi connectivity index (χ1) is 13.5. The lowest BCUT2D eigenvalue weighted by Gasteiger charge is -2.47. The van der Waals surface area contributed by atoms with Crippen molar-refractivity contribution >= 4 is 52.7 Å². The highest BCUT2D eigenvalue weighted by atomic mass is 35.5. The molecule has 2 bridgehead atoms. The van der Waals surface area contributed by atoms with E-state index in [-0.39, 0.29) is 24.0 Å². The zero-order valence-electron chi connectivity index (χ0n) is 15.5. The molecule has 3 saturated heterocycles. The summed E-state index contributed by atoms with van der Waals surface area (Å²) in [6.45, 7) is 3.00. The minimum Gasteiger partial charge on any atom is -0.455 e. The topological polar surface area (TPSA) is 55.6 Å². The van der Waals surface area contributed by atoms with Gasteiger partial charge in [-0.1, -0.05) is 23.2 Å². The van der Waals surface area contributed by atoms with Crippen molar-refractivity contribution in [2.45, 2.75) is 24.9 Å². The highest BCUT2D eigenvalue weighted by Crippen LogP contribution is 2.36. The van der Waals surface area contributed by atoms with E-state index < -0.39 is 0 Å². The predicted octanol–water partition coefficient (Wildman–Crippen LogP) is 5.62. The Hall–Kier alpha value is -1.79. The summed E-state index contributed by atoms with van der Waals surface area (Å²) in [6, 6.07) is 10.3. The van der Waals surface area contributed by atoms with E-state index in [4.69, 9.17) is 32.4 Å². The van der Waals surface area contributed by atoms with Gasteiger partial charge in [0, 0.05) is 54.5 Å². The maximum atomic E-state index is 12.8. The zero-order valence-corrected chi connectivity index (χ0v) is 17.8. The van der Waals surface area contributed by atoms with Gasteiger partial charge in [-0.2, -0.15) is 0 Å². The highest BCUT2D eigenvalue weighted by molar-refractivity contribution is 6.35. The number of hydrogen-bond donors (Lipinski definition) is 0. The summed E-state index contributed by atoms with van der Waals surface area (Å²) in [7, 11) is 0. The van der Waals surface area contributed by atoms with Crippen LogP contribution in [0.15, 0.2) is 40.8 Å². The minimum atomic E-state index is -0.315. The third kappa shape index (κ3) is 3.97. The van der Waals surface area contributed by atoms with Crippen molar-refractivity contribution in [3.8, 4) is 11.5 Å². The maximum Gasteiger partial charge on any atom is 0.338 e. The van der Waals surface area contributed by atoms with E-state index in [0.717, 1.165) is 38.9 Å². The second-order valence-electron chi connectivity index (χ2n) is 7.52. The fraction of sp³-hybridized carbons (Fsp3) is 0.333. The molecule has 0 aliphatic carbocycles. The van der Waals surface area contributed by atoms with Crippen LogP contribution in [0.2, 0.25) is 10.0 Å². The molecule has 8 heteroatoms. The number of rotatable bonds is 3. The SMILES string of the molecule is Cl.O=C(OC12CCN(CC1)CC2)c1ccc2nc(-c3cc(Cl)cc(Cl)c3)oc2c1.